The van der Waals surface area contributed by atoms with E-state index >= 15 is 0 Å². The van der Waals surface area contributed by atoms with Crippen LogP contribution in [0.25, 0.3) is 6.08 Å². The van der Waals surface area contributed by atoms with Gasteiger partial charge < -0.3 is 14.8 Å². The Morgan fingerprint density at radius 2 is 2.04 bits per heavy atom. The monoisotopic (exact) mass is 378 g/mol. The van der Waals surface area contributed by atoms with Crippen LogP contribution in [0.1, 0.15) is 11.3 Å². The topological polar surface area (TPSA) is 60.5 Å². The molecule has 0 unspecified atom stereocenters. The predicted octanol–water partition coefficient (Wildman–Crippen LogP) is 4.46. The third-order valence-corrected chi connectivity index (χ3v) is 3.82. The summed E-state index contributed by atoms with van der Waals surface area (Å²) in [5.41, 5.74) is 1.96. The molecule has 1 heterocycles. The fourth-order valence-electron chi connectivity index (χ4n) is 2.45. The van der Waals surface area contributed by atoms with Crippen molar-refractivity contribution in [2.45, 2.75) is 6.61 Å². The molecule has 1 amide bonds. The lowest BCUT2D eigenvalue weighted by Crippen LogP contribution is -2.08. The Morgan fingerprint density at radius 3 is 2.79 bits per heavy atom. The van der Waals surface area contributed by atoms with Gasteiger partial charge in [-0.15, -0.1) is 0 Å². The van der Waals surface area contributed by atoms with Gasteiger partial charge in [0.1, 0.15) is 12.4 Å². The van der Waals surface area contributed by atoms with E-state index in [0.29, 0.717) is 23.6 Å². The quantitative estimate of drug-likeness (QED) is 0.617. The number of carbonyl (C=O) groups is 1. The number of hydrogen-bond donors (Lipinski definition) is 1. The first-order valence-electron chi connectivity index (χ1n) is 8.59. The van der Waals surface area contributed by atoms with Crippen LogP contribution in [-0.4, -0.2) is 18.0 Å². The minimum absolute atomic E-state index is 0.157. The van der Waals surface area contributed by atoms with Crippen LogP contribution in [0.5, 0.6) is 11.5 Å². The molecule has 0 atom stereocenters. The van der Waals surface area contributed by atoms with Gasteiger partial charge in [-0.25, -0.2) is 4.39 Å². The van der Waals surface area contributed by atoms with E-state index in [9.17, 15) is 9.18 Å². The summed E-state index contributed by atoms with van der Waals surface area (Å²) >= 11 is 0. The molecule has 6 heteroatoms. The second-order valence-electron chi connectivity index (χ2n) is 5.85. The van der Waals surface area contributed by atoms with Gasteiger partial charge in [0.25, 0.3) is 0 Å². The second-order valence-corrected chi connectivity index (χ2v) is 5.85. The Bertz CT molecular complexity index is 975. The molecule has 0 fully saturated rings. The predicted molar refractivity (Wildman–Crippen MR) is 106 cm³/mol. The molecule has 0 saturated heterocycles. The second kappa shape index (κ2) is 9.32. The maximum Gasteiger partial charge on any atom is 0.248 e. The molecule has 28 heavy (non-hydrogen) atoms. The lowest BCUT2D eigenvalue weighted by Gasteiger charge is -2.08. The number of aromatic nitrogens is 1. The summed E-state index contributed by atoms with van der Waals surface area (Å²) in [7, 11) is 1.40. The number of rotatable bonds is 7. The lowest BCUT2D eigenvalue weighted by atomic mass is 10.2. The van der Waals surface area contributed by atoms with E-state index in [4.69, 9.17) is 9.47 Å². The van der Waals surface area contributed by atoms with Crippen molar-refractivity contribution >= 4 is 17.7 Å². The van der Waals surface area contributed by atoms with Crippen LogP contribution in [0.15, 0.2) is 72.9 Å². The average molecular weight is 378 g/mol. The van der Waals surface area contributed by atoms with Crippen LogP contribution in [-0.2, 0) is 11.4 Å². The largest absolute Gasteiger partial charge is 0.494 e. The minimum atomic E-state index is -0.484. The zero-order valence-electron chi connectivity index (χ0n) is 15.3. The Labute approximate surface area is 162 Å². The molecule has 0 saturated carbocycles. The third-order valence-electron chi connectivity index (χ3n) is 3.82. The number of amides is 1. The van der Waals surface area contributed by atoms with Gasteiger partial charge >= 0.3 is 0 Å². The van der Waals surface area contributed by atoms with Gasteiger partial charge in [-0.1, -0.05) is 18.2 Å². The molecular weight excluding hydrogens is 359 g/mol. The molecule has 3 aromatic rings. The number of halogens is 1. The minimum Gasteiger partial charge on any atom is -0.494 e. The number of pyridine rings is 1. The fraction of sp³-hybridized carbons (Fsp3) is 0.0909. The highest BCUT2D eigenvalue weighted by Gasteiger charge is 2.04. The number of benzene rings is 2. The molecule has 0 spiro atoms. The summed E-state index contributed by atoms with van der Waals surface area (Å²) in [6.45, 7) is 0.335. The van der Waals surface area contributed by atoms with E-state index in [-0.39, 0.29) is 11.7 Å². The molecular formula is C22H19FN2O3. The van der Waals surface area contributed by atoms with E-state index in [1.165, 1.54) is 31.4 Å². The molecule has 5 nitrogen and oxygen atoms in total. The summed E-state index contributed by atoms with van der Waals surface area (Å²) in [4.78, 5) is 16.3. The van der Waals surface area contributed by atoms with Gasteiger partial charge in [-0.3, -0.25) is 9.78 Å². The number of anilines is 1. The summed E-state index contributed by atoms with van der Waals surface area (Å²) in [6.07, 6.45) is 4.57. The molecule has 0 aliphatic carbocycles. The van der Waals surface area contributed by atoms with Crippen LogP contribution in [0.2, 0.25) is 0 Å². The van der Waals surface area contributed by atoms with Gasteiger partial charge in [0.05, 0.1) is 12.8 Å². The highest BCUT2D eigenvalue weighted by molar-refractivity contribution is 6.02. The van der Waals surface area contributed by atoms with Crippen molar-refractivity contribution in [1.29, 1.82) is 0 Å². The smallest absolute Gasteiger partial charge is 0.248 e. The summed E-state index contributed by atoms with van der Waals surface area (Å²) < 4.78 is 24.2. The molecule has 3 rings (SSSR count). The molecule has 0 aliphatic rings. The maximum atomic E-state index is 13.7. The van der Waals surface area contributed by atoms with E-state index in [1.807, 2.05) is 18.2 Å². The fourth-order valence-corrected chi connectivity index (χ4v) is 2.45. The van der Waals surface area contributed by atoms with Crippen LogP contribution < -0.4 is 14.8 Å². The molecule has 1 N–H and O–H groups in total. The summed E-state index contributed by atoms with van der Waals surface area (Å²) in [5, 5.41) is 2.75. The van der Waals surface area contributed by atoms with Gasteiger partial charge in [0, 0.05) is 24.0 Å². The maximum absolute atomic E-state index is 13.7. The number of hydrogen-bond acceptors (Lipinski definition) is 4. The summed E-state index contributed by atoms with van der Waals surface area (Å²) in [5.74, 6) is -0.0466. The van der Waals surface area contributed by atoms with Gasteiger partial charge in [0.15, 0.2) is 11.6 Å². The molecule has 0 radical (unpaired) electrons. The first kappa shape index (κ1) is 19.1. The molecule has 142 valence electrons. The Morgan fingerprint density at radius 1 is 1.14 bits per heavy atom. The van der Waals surface area contributed by atoms with Crippen molar-refractivity contribution in [2.24, 2.45) is 0 Å². The van der Waals surface area contributed by atoms with Gasteiger partial charge in [-0.05, 0) is 48.0 Å². The number of methoxy groups -OCH3 is 1. The summed E-state index contributed by atoms with van der Waals surface area (Å²) in [6, 6.07) is 17.1. The van der Waals surface area contributed by atoms with Crippen LogP contribution in [0, 0.1) is 5.82 Å². The van der Waals surface area contributed by atoms with Gasteiger partial charge in [-0.2, -0.15) is 0 Å². The Balaban J connectivity index is 1.58. The zero-order valence-corrected chi connectivity index (χ0v) is 15.3. The lowest BCUT2D eigenvalue weighted by molar-refractivity contribution is -0.111. The average Bonchev–Trinajstić information content (AvgIpc) is 2.72. The van der Waals surface area contributed by atoms with Crippen LogP contribution in [0.3, 0.4) is 0 Å². The Kier molecular flexibility index (Phi) is 6.36. The molecule has 2 aromatic carbocycles. The van der Waals surface area contributed by atoms with Crippen molar-refractivity contribution in [1.82, 2.24) is 4.98 Å². The third kappa shape index (κ3) is 5.41. The van der Waals surface area contributed by atoms with Gasteiger partial charge in [0.2, 0.25) is 5.91 Å². The zero-order chi connectivity index (χ0) is 19.8. The SMILES string of the molecule is COc1ccc(/C=C/C(=O)Nc2cccc(OCc3ccccn3)c2)cc1F. The molecule has 1 aromatic heterocycles. The van der Waals surface area contributed by atoms with E-state index < -0.39 is 5.82 Å². The number of ether oxygens (including phenoxy) is 2. The first-order chi connectivity index (χ1) is 13.6. The first-order valence-corrected chi connectivity index (χ1v) is 8.59. The standard InChI is InChI=1S/C22H19FN2O3/c1-27-21-10-8-16(13-20(21)23)9-11-22(26)25-17-6-4-7-19(14-17)28-15-18-5-2-3-12-24-18/h2-14H,15H2,1H3,(H,25,26)/b11-9+. The van der Waals surface area contributed by atoms with E-state index in [0.717, 1.165) is 5.69 Å². The van der Waals surface area contributed by atoms with E-state index in [2.05, 4.69) is 10.3 Å². The van der Waals surface area contributed by atoms with Crippen molar-refractivity contribution < 1.29 is 18.7 Å². The highest BCUT2D eigenvalue weighted by Crippen LogP contribution is 2.20. The van der Waals surface area contributed by atoms with Crippen molar-refractivity contribution in [3.8, 4) is 11.5 Å². The number of nitrogens with zero attached hydrogens (tertiary/aromatic N) is 1. The number of carbonyl (C=O) groups excluding carboxylic acids is 1. The van der Waals surface area contributed by atoms with Crippen molar-refractivity contribution in [2.75, 3.05) is 12.4 Å². The van der Waals surface area contributed by atoms with E-state index in [1.54, 1.807) is 36.5 Å². The molecule has 0 bridgehead atoms. The van der Waals surface area contributed by atoms with Crippen molar-refractivity contribution in [3.63, 3.8) is 0 Å². The van der Waals surface area contributed by atoms with Crippen LogP contribution in [0.4, 0.5) is 10.1 Å². The highest BCUT2D eigenvalue weighted by atomic mass is 19.1. The van der Waals surface area contributed by atoms with Crippen molar-refractivity contribution in [3.05, 3.63) is 90.0 Å². The molecule has 0 aliphatic heterocycles. The number of nitrogens with one attached hydrogen (secondary N) is 1. The normalized spacial score (nSPS) is 10.6. The van der Waals surface area contributed by atoms with Crippen LogP contribution >= 0.6 is 0 Å². The Hall–Kier alpha value is -3.67.